The lowest BCUT2D eigenvalue weighted by Gasteiger charge is -1.98. The standard InChI is InChI=1S/C8H8F2.C8H9F.C8H10.C4H10.CH4/c1-5-3-7(9)6(2)8(10)4-5;1-6-3-4-7(2)8(9)5-6;1-7-3-5-8(2)6-4-7;1-3-4-2;/h3-4H,1-2H3;3-5H,1-2H3;3-6H,1-2H3;3-4H2,1-2H3;1H4. The van der Waals surface area contributed by atoms with Crippen LogP contribution < -0.4 is 0 Å². The first-order valence-corrected chi connectivity index (χ1v) is 10.7. The van der Waals surface area contributed by atoms with Gasteiger partial charge in [-0.2, -0.15) is 0 Å². The molecule has 0 aliphatic rings. The fourth-order valence-electron chi connectivity index (χ4n) is 2.11. The molecule has 3 rings (SSSR count). The third-order valence-electron chi connectivity index (χ3n) is 4.47. The molecule has 32 heavy (non-hydrogen) atoms. The van der Waals surface area contributed by atoms with Crippen molar-refractivity contribution in [2.75, 3.05) is 0 Å². The molecule has 178 valence electrons. The van der Waals surface area contributed by atoms with Crippen LogP contribution in [0.2, 0.25) is 0 Å². The summed E-state index contributed by atoms with van der Waals surface area (Å²) in [4.78, 5) is 0. The monoisotopic (exact) mass is 446 g/mol. The molecule has 0 bridgehead atoms. The van der Waals surface area contributed by atoms with Gasteiger partial charge in [-0.3, -0.25) is 0 Å². The van der Waals surface area contributed by atoms with Gasteiger partial charge in [-0.25, -0.2) is 13.2 Å². The van der Waals surface area contributed by atoms with Gasteiger partial charge in [0.1, 0.15) is 17.5 Å². The number of hydrogen-bond acceptors (Lipinski definition) is 0. The Morgan fingerprint density at radius 3 is 1.16 bits per heavy atom. The van der Waals surface area contributed by atoms with E-state index >= 15 is 0 Å². The van der Waals surface area contributed by atoms with E-state index in [0.717, 1.165) is 5.56 Å². The fourth-order valence-corrected chi connectivity index (χ4v) is 2.11. The summed E-state index contributed by atoms with van der Waals surface area (Å²) in [5, 5.41) is 0. The van der Waals surface area contributed by atoms with Gasteiger partial charge in [0.25, 0.3) is 0 Å². The predicted molar refractivity (Wildman–Crippen MR) is 135 cm³/mol. The third-order valence-corrected chi connectivity index (χ3v) is 4.47. The minimum absolute atomic E-state index is 0. The number of aryl methyl sites for hydroxylation is 5. The highest BCUT2D eigenvalue weighted by atomic mass is 19.1. The molecule has 0 atom stereocenters. The smallest absolute Gasteiger partial charge is 0.129 e. The van der Waals surface area contributed by atoms with E-state index in [0.29, 0.717) is 11.1 Å². The SMILES string of the molecule is C.CCCC.Cc1cc(F)c(C)c(F)c1.Cc1ccc(C)c(F)c1.Cc1ccc(C)cc1. The van der Waals surface area contributed by atoms with Crippen molar-refractivity contribution < 1.29 is 13.2 Å². The van der Waals surface area contributed by atoms with Crippen molar-refractivity contribution in [3.8, 4) is 0 Å². The molecule has 0 heterocycles. The summed E-state index contributed by atoms with van der Waals surface area (Å²) >= 11 is 0. The Balaban J connectivity index is 0. The Kier molecular flexibility index (Phi) is 16.9. The molecule has 0 spiro atoms. The summed E-state index contributed by atoms with van der Waals surface area (Å²) in [5.41, 5.74) is 5.04. The Labute approximate surface area is 194 Å². The number of benzene rings is 3. The van der Waals surface area contributed by atoms with Gasteiger partial charge in [0.15, 0.2) is 0 Å². The van der Waals surface area contributed by atoms with E-state index in [1.807, 2.05) is 13.0 Å². The molecule has 0 aromatic heterocycles. The Morgan fingerprint density at radius 2 is 0.844 bits per heavy atom. The van der Waals surface area contributed by atoms with Crippen LogP contribution in [0.15, 0.2) is 54.6 Å². The Hall–Kier alpha value is -2.55. The number of unbranched alkanes of at least 4 members (excludes halogenated alkanes) is 1. The predicted octanol–water partition coefficient (Wildman–Crippen LogP) is 9.77. The third kappa shape index (κ3) is 13.7. The van der Waals surface area contributed by atoms with Crippen LogP contribution in [-0.4, -0.2) is 0 Å². The van der Waals surface area contributed by atoms with E-state index in [2.05, 4.69) is 52.0 Å². The fraction of sp³-hybridized carbons (Fsp3) is 0.379. The summed E-state index contributed by atoms with van der Waals surface area (Å²) in [6, 6.07) is 16.3. The summed E-state index contributed by atoms with van der Waals surface area (Å²) in [7, 11) is 0. The van der Waals surface area contributed by atoms with E-state index in [1.54, 1.807) is 19.9 Å². The average Bonchev–Trinajstić information content (AvgIpc) is 2.72. The highest BCUT2D eigenvalue weighted by Crippen LogP contribution is 2.12. The first-order valence-electron chi connectivity index (χ1n) is 10.7. The molecule has 0 nitrogen and oxygen atoms in total. The summed E-state index contributed by atoms with van der Waals surface area (Å²) in [6.07, 6.45) is 2.64. The normalized spacial score (nSPS) is 9.09. The van der Waals surface area contributed by atoms with Crippen molar-refractivity contribution >= 4 is 0 Å². The summed E-state index contributed by atoms with van der Waals surface area (Å²) < 4.78 is 37.8. The lowest BCUT2D eigenvalue weighted by molar-refractivity contribution is 0.566. The maximum atomic E-state index is 12.6. The zero-order valence-corrected chi connectivity index (χ0v) is 20.2. The van der Waals surface area contributed by atoms with Crippen LogP contribution in [0.5, 0.6) is 0 Å². The van der Waals surface area contributed by atoms with Crippen molar-refractivity contribution in [2.45, 2.75) is 75.7 Å². The van der Waals surface area contributed by atoms with Gasteiger partial charge in [0.05, 0.1) is 0 Å². The molecule has 0 saturated carbocycles. The first kappa shape index (κ1) is 31.6. The van der Waals surface area contributed by atoms with Gasteiger partial charge in [-0.1, -0.05) is 81.6 Å². The van der Waals surface area contributed by atoms with Crippen LogP contribution >= 0.6 is 0 Å². The largest absolute Gasteiger partial charge is 0.207 e. The van der Waals surface area contributed by atoms with Crippen molar-refractivity contribution in [3.63, 3.8) is 0 Å². The molecule has 3 heteroatoms. The molecule has 0 unspecified atom stereocenters. The van der Waals surface area contributed by atoms with Crippen LogP contribution in [0.3, 0.4) is 0 Å². The second-order valence-electron chi connectivity index (χ2n) is 7.76. The van der Waals surface area contributed by atoms with Gasteiger partial charge in [-0.05, 0) is 76.4 Å². The van der Waals surface area contributed by atoms with Crippen molar-refractivity contribution in [2.24, 2.45) is 0 Å². The zero-order chi connectivity index (χ0) is 24.0. The second kappa shape index (κ2) is 17.1. The minimum atomic E-state index is -0.475. The lowest BCUT2D eigenvalue weighted by Crippen LogP contribution is -1.88. The van der Waals surface area contributed by atoms with Crippen molar-refractivity contribution in [3.05, 3.63) is 105 Å². The van der Waals surface area contributed by atoms with Crippen LogP contribution in [0.4, 0.5) is 13.2 Å². The first-order chi connectivity index (χ1) is 14.5. The van der Waals surface area contributed by atoms with Gasteiger partial charge < -0.3 is 0 Å². The average molecular weight is 447 g/mol. The molecule has 0 aliphatic heterocycles. The highest BCUT2D eigenvalue weighted by molar-refractivity contribution is 5.24. The molecule has 0 radical (unpaired) electrons. The van der Waals surface area contributed by atoms with Crippen LogP contribution in [0, 0.1) is 59.0 Å². The van der Waals surface area contributed by atoms with Crippen LogP contribution in [-0.2, 0) is 0 Å². The molecule has 0 fully saturated rings. The quantitative estimate of drug-likeness (QED) is 0.349. The van der Waals surface area contributed by atoms with Gasteiger partial charge in [0.2, 0.25) is 0 Å². The van der Waals surface area contributed by atoms with Gasteiger partial charge >= 0.3 is 0 Å². The van der Waals surface area contributed by atoms with Crippen LogP contribution in [0.1, 0.15) is 67.5 Å². The van der Waals surface area contributed by atoms with Gasteiger partial charge in [0, 0.05) is 5.56 Å². The maximum absolute atomic E-state index is 12.6. The molecule has 0 amide bonds. The molecule has 0 saturated heterocycles. The molecule has 3 aromatic carbocycles. The number of rotatable bonds is 1. The zero-order valence-electron chi connectivity index (χ0n) is 20.2. The molecule has 0 N–H and O–H groups in total. The molecular formula is C29H41F3. The van der Waals surface area contributed by atoms with E-state index in [1.165, 1.54) is 49.1 Å². The van der Waals surface area contributed by atoms with E-state index in [-0.39, 0.29) is 18.8 Å². The lowest BCUT2D eigenvalue weighted by atomic mass is 10.1. The minimum Gasteiger partial charge on any atom is -0.207 e. The van der Waals surface area contributed by atoms with E-state index in [9.17, 15) is 13.2 Å². The Bertz CT molecular complexity index is 851. The second-order valence-corrected chi connectivity index (χ2v) is 7.76. The van der Waals surface area contributed by atoms with Crippen molar-refractivity contribution in [1.82, 2.24) is 0 Å². The topological polar surface area (TPSA) is 0 Å². The molecule has 0 aliphatic carbocycles. The van der Waals surface area contributed by atoms with Crippen LogP contribution in [0.25, 0.3) is 0 Å². The van der Waals surface area contributed by atoms with Crippen molar-refractivity contribution in [1.29, 1.82) is 0 Å². The highest BCUT2D eigenvalue weighted by Gasteiger charge is 2.03. The summed E-state index contributed by atoms with van der Waals surface area (Å²) in [5.74, 6) is -1.06. The molecular weight excluding hydrogens is 405 g/mol. The molecule has 3 aromatic rings. The van der Waals surface area contributed by atoms with E-state index in [4.69, 9.17) is 0 Å². The van der Waals surface area contributed by atoms with E-state index < -0.39 is 11.6 Å². The number of hydrogen-bond donors (Lipinski definition) is 0. The van der Waals surface area contributed by atoms with Gasteiger partial charge in [-0.15, -0.1) is 0 Å². The summed E-state index contributed by atoms with van der Waals surface area (Å²) in [6.45, 7) is 15.3. The number of halogens is 3. The Morgan fingerprint density at radius 1 is 0.500 bits per heavy atom. The maximum Gasteiger partial charge on any atom is 0.129 e.